The smallest absolute Gasteiger partial charge is 0.361 e. The molecule has 29 heavy (non-hydrogen) atoms. The van der Waals surface area contributed by atoms with Crippen LogP contribution in [0, 0.1) is 0 Å². The van der Waals surface area contributed by atoms with Crippen LogP contribution >= 0.6 is 0 Å². The molecular weight excluding hydrogens is 388 g/mol. The Balaban J connectivity index is 1.33. The molecule has 2 aromatic rings. The van der Waals surface area contributed by atoms with Gasteiger partial charge in [-0.3, -0.25) is 0 Å². The molecule has 0 saturated heterocycles. The summed E-state index contributed by atoms with van der Waals surface area (Å²) in [5, 5.41) is 13.4. The molecule has 1 aromatic heterocycles. The van der Waals surface area contributed by atoms with Gasteiger partial charge < -0.3 is 19.4 Å². The van der Waals surface area contributed by atoms with Crippen molar-refractivity contribution in [2.75, 3.05) is 5.32 Å². The lowest BCUT2D eigenvalue weighted by atomic mass is 9.99. The van der Waals surface area contributed by atoms with Crippen molar-refractivity contribution >= 4 is 23.1 Å². The van der Waals surface area contributed by atoms with Crippen LogP contribution in [0.4, 0.5) is 10.5 Å². The van der Waals surface area contributed by atoms with E-state index in [0.29, 0.717) is 17.7 Å². The highest BCUT2D eigenvalue weighted by Gasteiger charge is 2.29. The van der Waals surface area contributed by atoms with E-state index in [1.165, 1.54) is 22.3 Å². The lowest BCUT2D eigenvalue weighted by Gasteiger charge is -2.16. The predicted molar refractivity (Wildman–Crippen MR) is 110 cm³/mol. The minimum atomic E-state index is -1.81. The van der Waals surface area contributed by atoms with Gasteiger partial charge in [-0.15, -0.1) is 4.72 Å². The number of furan rings is 1. The molecule has 1 heterocycles. The van der Waals surface area contributed by atoms with Crippen molar-refractivity contribution in [3.8, 4) is 0 Å². The number of urea groups is 1. The van der Waals surface area contributed by atoms with Gasteiger partial charge in [0.05, 0.1) is 6.10 Å². The average Bonchev–Trinajstić information content (AvgIpc) is 3.42. The summed E-state index contributed by atoms with van der Waals surface area (Å²) in [6, 6.07) is 3.46. The molecule has 3 N–H and O–H groups in total. The fourth-order valence-electron chi connectivity index (χ4n) is 5.01. The van der Waals surface area contributed by atoms with Crippen LogP contribution in [0.25, 0.3) is 0 Å². The fraction of sp³-hybridized carbons (Fsp3) is 0.500. The molecule has 0 aliphatic heterocycles. The molecule has 3 aliphatic rings. The minimum Gasteiger partial charge on any atom is -0.585 e. The molecule has 154 valence electrons. The number of anilines is 1. The summed E-state index contributed by atoms with van der Waals surface area (Å²) in [4.78, 5) is 12.7. The summed E-state index contributed by atoms with van der Waals surface area (Å²) < 4.78 is 20.9. The Labute approximate surface area is 173 Å². The Morgan fingerprint density at radius 3 is 2.48 bits per heavy atom. The van der Waals surface area contributed by atoms with E-state index >= 15 is 0 Å². The third kappa shape index (κ3) is 3.56. The van der Waals surface area contributed by atoms with Crippen LogP contribution < -0.4 is 10.0 Å². The van der Waals surface area contributed by atoms with E-state index in [0.717, 1.165) is 63.5 Å². The van der Waals surface area contributed by atoms with Crippen LogP contribution in [0.3, 0.4) is 0 Å². The molecule has 6 nitrogen and oxygen atoms in total. The number of aryl methyl sites for hydroxylation is 3. The van der Waals surface area contributed by atoms with Crippen LogP contribution in [-0.2, 0) is 43.5 Å². The number of benzene rings is 1. The number of carbonyl (C=O) groups excluding carboxylic acids is 1. The molecule has 7 heteroatoms. The second kappa shape index (κ2) is 7.70. The van der Waals surface area contributed by atoms with Crippen LogP contribution in [0.15, 0.2) is 21.6 Å². The highest BCUT2D eigenvalue weighted by Crippen LogP contribution is 2.38. The van der Waals surface area contributed by atoms with Crippen molar-refractivity contribution in [2.45, 2.75) is 75.4 Å². The predicted octanol–water partition coefficient (Wildman–Crippen LogP) is 3.86. The zero-order valence-corrected chi connectivity index (χ0v) is 17.2. The van der Waals surface area contributed by atoms with Gasteiger partial charge >= 0.3 is 11.1 Å². The average molecular weight is 415 g/mol. The SMILES string of the molecule is O=C(Nc1c2c(cc3c1CCC3)CCC2)N[S+]([O-])c1cc2c(o1)CCCCC2O. The molecule has 1 aromatic carbocycles. The van der Waals surface area contributed by atoms with Crippen molar-refractivity contribution in [1.82, 2.24) is 4.72 Å². The van der Waals surface area contributed by atoms with Gasteiger partial charge in [0.1, 0.15) is 17.1 Å². The minimum absolute atomic E-state index is 0.189. The van der Waals surface area contributed by atoms with Crippen LogP contribution in [0.5, 0.6) is 0 Å². The Morgan fingerprint density at radius 1 is 1.03 bits per heavy atom. The molecule has 0 fully saturated rings. The van der Waals surface area contributed by atoms with E-state index in [-0.39, 0.29) is 5.09 Å². The molecule has 0 spiro atoms. The summed E-state index contributed by atoms with van der Waals surface area (Å²) in [6.07, 6.45) is 8.98. The van der Waals surface area contributed by atoms with Crippen molar-refractivity contribution in [3.63, 3.8) is 0 Å². The van der Waals surface area contributed by atoms with Gasteiger partial charge in [-0.2, -0.15) is 0 Å². The van der Waals surface area contributed by atoms with Gasteiger partial charge in [0.15, 0.2) is 0 Å². The molecule has 2 unspecified atom stereocenters. The zero-order chi connectivity index (χ0) is 20.0. The first-order valence-electron chi connectivity index (χ1n) is 10.6. The van der Waals surface area contributed by atoms with Crippen LogP contribution in [-0.4, -0.2) is 15.7 Å². The molecular formula is C22H26N2O4S. The number of hydrogen-bond donors (Lipinski definition) is 3. The standard InChI is InChI=1S/C22H26N2O4S/c25-18-9-1-2-10-19-17(18)12-20(28-19)29(27)24-22(26)23-21-15-7-3-5-13(15)11-14-6-4-8-16(14)21/h11-12,18,25H,1-10H2,(H2,23,24,26). The molecule has 0 radical (unpaired) electrons. The maximum atomic E-state index is 12.7. The number of aliphatic hydroxyl groups excluding tert-OH is 1. The normalized spacial score (nSPS) is 21.1. The van der Waals surface area contributed by atoms with Crippen LogP contribution in [0.1, 0.15) is 71.8 Å². The number of amides is 2. The van der Waals surface area contributed by atoms with Gasteiger partial charge in [-0.25, -0.2) is 4.79 Å². The van der Waals surface area contributed by atoms with E-state index in [1.807, 2.05) is 0 Å². The summed E-state index contributed by atoms with van der Waals surface area (Å²) in [7, 11) is 0. The number of hydrogen-bond acceptors (Lipinski definition) is 4. The Bertz CT molecular complexity index is 923. The van der Waals surface area contributed by atoms with E-state index in [9.17, 15) is 14.5 Å². The van der Waals surface area contributed by atoms with Crippen molar-refractivity contribution in [3.05, 3.63) is 45.7 Å². The van der Waals surface area contributed by atoms with Gasteiger partial charge in [0.25, 0.3) is 0 Å². The Hall–Kier alpha value is -1.96. The Kier molecular flexibility index (Phi) is 5.05. The van der Waals surface area contributed by atoms with E-state index in [1.54, 1.807) is 6.07 Å². The number of fused-ring (bicyclic) bond motifs is 3. The molecule has 2 amide bonds. The largest absolute Gasteiger partial charge is 0.585 e. The maximum Gasteiger partial charge on any atom is 0.361 e. The number of rotatable bonds is 3. The number of aliphatic hydroxyl groups is 1. The van der Waals surface area contributed by atoms with Gasteiger partial charge in [-0.05, 0) is 73.6 Å². The first-order valence-corrected chi connectivity index (χ1v) is 11.7. The van der Waals surface area contributed by atoms with E-state index in [2.05, 4.69) is 16.1 Å². The third-order valence-electron chi connectivity index (χ3n) is 6.39. The lowest BCUT2D eigenvalue weighted by molar-refractivity contribution is 0.166. The highest BCUT2D eigenvalue weighted by molar-refractivity contribution is 7.89. The van der Waals surface area contributed by atoms with Crippen LogP contribution in [0.2, 0.25) is 0 Å². The zero-order valence-electron chi connectivity index (χ0n) is 16.4. The van der Waals surface area contributed by atoms with Crippen molar-refractivity contribution in [1.29, 1.82) is 0 Å². The summed E-state index contributed by atoms with van der Waals surface area (Å²) in [5.74, 6) is 0.680. The number of nitrogens with one attached hydrogen (secondary N) is 2. The first-order chi connectivity index (χ1) is 14.1. The van der Waals surface area contributed by atoms with Gasteiger partial charge in [0, 0.05) is 23.7 Å². The number of carbonyl (C=O) groups is 1. The highest BCUT2D eigenvalue weighted by atomic mass is 32.2. The van der Waals surface area contributed by atoms with Crippen molar-refractivity contribution in [2.24, 2.45) is 0 Å². The Morgan fingerprint density at radius 2 is 1.76 bits per heavy atom. The molecule has 0 saturated carbocycles. The van der Waals surface area contributed by atoms with E-state index in [4.69, 9.17) is 4.42 Å². The summed E-state index contributed by atoms with van der Waals surface area (Å²) >= 11 is -1.81. The topological polar surface area (TPSA) is 97.6 Å². The molecule has 2 atom stereocenters. The quantitative estimate of drug-likeness (QED) is 0.525. The molecule has 3 aliphatic carbocycles. The van der Waals surface area contributed by atoms with Gasteiger partial charge in [-0.1, -0.05) is 12.5 Å². The maximum absolute atomic E-state index is 12.7. The molecule has 5 rings (SSSR count). The third-order valence-corrected chi connectivity index (χ3v) is 7.33. The second-order valence-corrected chi connectivity index (χ2v) is 9.41. The monoisotopic (exact) mass is 414 g/mol. The summed E-state index contributed by atoms with van der Waals surface area (Å²) in [5.41, 5.74) is 6.77. The summed E-state index contributed by atoms with van der Waals surface area (Å²) in [6.45, 7) is 0. The van der Waals surface area contributed by atoms with Crippen molar-refractivity contribution < 1.29 is 18.9 Å². The fourth-order valence-corrected chi connectivity index (χ4v) is 5.74. The lowest BCUT2D eigenvalue weighted by Crippen LogP contribution is -2.34. The van der Waals surface area contributed by atoms with Gasteiger partial charge in [0.2, 0.25) is 0 Å². The first kappa shape index (κ1) is 19.0. The van der Waals surface area contributed by atoms with E-state index < -0.39 is 23.5 Å². The second-order valence-electron chi connectivity index (χ2n) is 8.26. The molecule has 0 bridgehead atoms.